The highest BCUT2D eigenvalue weighted by molar-refractivity contribution is 5.39. The molecule has 6 heteroatoms. The molecule has 0 saturated carbocycles. The van der Waals surface area contributed by atoms with Gasteiger partial charge in [0.2, 0.25) is 0 Å². The first-order chi connectivity index (χ1) is 7.03. The molecule has 0 amide bonds. The van der Waals surface area contributed by atoms with Crippen LogP contribution in [0.25, 0.3) is 0 Å². The highest BCUT2D eigenvalue weighted by Gasteiger charge is 2.32. The molecule has 1 rings (SSSR count). The minimum Gasteiger partial charge on any atom is -0.487 e. The monoisotopic (exact) mass is 221 g/mol. The van der Waals surface area contributed by atoms with E-state index in [0.29, 0.717) is 0 Å². The summed E-state index contributed by atoms with van der Waals surface area (Å²) >= 11 is 0. The van der Waals surface area contributed by atoms with Crippen LogP contribution < -0.4 is 9.47 Å². The second-order valence-electron chi connectivity index (χ2n) is 2.55. The van der Waals surface area contributed by atoms with Gasteiger partial charge in [-0.1, -0.05) is 12.1 Å². The van der Waals surface area contributed by atoms with Gasteiger partial charge in [0.05, 0.1) is 0 Å². The van der Waals surface area contributed by atoms with Crippen molar-refractivity contribution < 1.29 is 27.8 Å². The number of ether oxygens (including phenoxy) is 2. The van der Waals surface area contributed by atoms with Gasteiger partial charge in [-0.05, 0) is 12.1 Å². The third kappa shape index (κ3) is 4.07. The molecule has 15 heavy (non-hydrogen) atoms. The highest BCUT2D eigenvalue weighted by atomic mass is 19.4. The second kappa shape index (κ2) is 4.88. The molecule has 1 aromatic rings. The average molecular weight is 221 g/mol. The molecular formula is C9H8F3O3. The molecule has 0 fully saturated rings. The van der Waals surface area contributed by atoms with Crippen molar-refractivity contribution in [2.45, 2.75) is 6.36 Å². The SMILES string of the molecule is [O]CCOc1ccccc1OC(F)(F)F. The van der Waals surface area contributed by atoms with Crippen molar-refractivity contribution in [2.24, 2.45) is 0 Å². The van der Waals surface area contributed by atoms with Crippen molar-refractivity contribution in [1.29, 1.82) is 0 Å². The number of hydrogen-bond acceptors (Lipinski definition) is 2. The van der Waals surface area contributed by atoms with Gasteiger partial charge in [-0.2, -0.15) is 0 Å². The quantitative estimate of drug-likeness (QED) is 0.782. The molecule has 3 nitrogen and oxygen atoms in total. The summed E-state index contributed by atoms with van der Waals surface area (Å²) in [6.07, 6.45) is -4.77. The highest BCUT2D eigenvalue weighted by Crippen LogP contribution is 2.31. The van der Waals surface area contributed by atoms with Crippen LogP contribution in [0.15, 0.2) is 24.3 Å². The zero-order valence-electron chi connectivity index (χ0n) is 7.58. The first-order valence-corrected chi connectivity index (χ1v) is 4.08. The molecular weight excluding hydrogens is 213 g/mol. The molecule has 0 bridgehead atoms. The van der Waals surface area contributed by atoms with Crippen LogP contribution in [-0.4, -0.2) is 19.6 Å². The second-order valence-corrected chi connectivity index (χ2v) is 2.55. The summed E-state index contributed by atoms with van der Waals surface area (Å²) in [6, 6.07) is 5.29. The van der Waals surface area contributed by atoms with Crippen LogP contribution in [-0.2, 0) is 5.11 Å². The summed E-state index contributed by atoms with van der Waals surface area (Å²) in [7, 11) is 0. The first kappa shape index (κ1) is 11.6. The fraction of sp³-hybridized carbons (Fsp3) is 0.333. The van der Waals surface area contributed by atoms with E-state index in [-0.39, 0.29) is 12.4 Å². The normalized spacial score (nSPS) is 11.2. The van der Waals surface area contributed by atoms with Crippen LogP contribution in [0.5, 0.6) is 11.5 Å². The predicted molar refractivity (Wildman–Crippen MR) is 44.2 cm³/mol. The maximum Gasteiger partial charge on any atom is 0.573 e. The van der Waals surface area contributed by atoms with Crippen LogP contribution in [0, 0.1) is 0 Å². The average Bonchev–Trinajstić information content (AvgIpc) is 2.14. The van der Waals surface area contributed by atoms with E-state index in [1.54, 1.807) is 0 Å². The summed E-state index contributed by atoms with van der Waals surface area (Å²) in [5, 5.41) is 10.1. The third-order valence-electron chi connectivity index (χ3n) is 1.42. The van der Waals surface area contributed by atoms with Gasteiger partial charge in [-0.15, -0.1) is 13.2 Å². The summed E-state index contributed by atoms with van der Waals surface area (Å²) in [6.45, 7) is -0.724. The van der Waals surface area contributed by atoms with E-state index >= 15 is 0 Å². The number of halogens is 3. The Morgan fingerprint density at radius 2 is 1.73 bits per heavy atom. The van der Waals surface area contributed by atoms with Crippen molar-refractivity contribution in [1.82, 2.24) is 0 Å². The lowest BCUT2D eigenvalue weighted by Crippen LogP contribution is -2.18. The fourth-order valence-corrected chi connectivity index (χ4v) is 0.930. The van der Waals surface area contributed by atoms with Gasteiger partial charge in [0.15, 0.2) is 11.5 Å². The van der Waals surface area contributed by atoms with Gasteiger partial charge in [0.1, 0.15) is 13.2 Å². The molecule has 0 atom stereocenters. The summed E-state index contributed by atoms with van der Waals surface area (Å²) in [5.74, 6) is -0.538. The van der Waals surface area contributed by atoms with Crippen molar-refractivity contribution in [3.63, 3.8) is 0 Å². The zero-order chi connectivity index (χ0) is 11.3. The van der Waals surface area contributed by atoms with Crippen LogP contribution >= 0.6 is 0 Å². The smallest absolute Gasteiger partial charge is 0.487 e. The Bertz CT molecular complexity index is 312. The van der Waals surface area contributed by atoms with Crippen LogP contribution in [0.2, 0.25) is 0 Å². The van der Waals surface area contributed by atoms with E-state index in [2.05, 4.69) is 4.74 Å². The molecule has 0 heterocycles. The Kier molecular flexibility index (Phi) is 3.79. The molecule has 0 unspecified atom stereocenters. The Hall–Kier alpha value is -1.43. The minimum atomic E-state index is -4.77. The van der Waals surface area contributed by atoms with Crippen molar-refractivity contribution >= 4 is 0 Å². The Labute approximate surface area is 84.0 Å². The lowest BCUT2D eigenvalue weighted by molar-refractivity contribution is -0.275. The number of para-hydroxylation sites is 2. The van der Waals surface area contributed by atoms with Crippen LogP contribution in [0.3, 0.4) is 0 Å². The van der Waals surface area contributed by atoms with Gasteiger partial charge in [0.25, 0.3) is 0 Å². The minimum absolute atomic E-state index is 0.0920. The first-order valence-electron chi connectivity index (χ1n) is 4.08. The fourth-order valence-electron chi connectivity index (χ4n) is 0.930. The molecule has 0 aliphatic heterocycles. The maximum absolute atomic E-state index is 11.9. The molecule has 0 spiro atoms. The standard InChI is InChI=1S/C9H8F3O3/c10-9(11,12)15-8-4-2-1-3-7(8)14-6-5-13/h1-4H,5-6H2. The molecule has 83 valence electrons. The summed E-state index contributed by atoms with van der Waals surface area (Å²) < 4.78 is 44.2. The Balaban J connectivity index is 2.77. The van der Waals surface area contributed by atoms with Gasteiger partial charge < -0.3 is 9.47 Å². The number of benzene rings is 1. The largest absolute Gasteiger partial charge is 0.573 e. The van der Waals surface area contributed by atoms with Gasteiger partial charge in [-0.25, -0.2) is 5.11 Å². The number of hydrogen-bond donors (Lipinski definition) is 0. The molecule has 1 aromatic carbocycles. The molecule has 1 radical (unpaired) electrons. The number of rotatable bonds is 4. The van der Waals surface area contributed by atoms with E-state index in [4.69, 9.17) is 4.74 Å². The molecule has 0 aliphatic rings. The van der Waals surface area contributed by atoms with E-state index in [1.165, 1.54) is 18.2 Å². The van der Waals surface area contributed by atoms with E-state index in [1.807, 2.05) is 0 Å². The van der Waals surface area contributed by atoms with Crippen molar-refractivity contribution in [3.05, 3.63) is 24.3 Å². The van der Waals surface area contributed by atoms with E-state index < -0.39 is 18.7 Å². The van der Waals surface area contributed by atoms with E-state index in [9.17, 15) is 18.3 Å². The predicted octanol–water partition coefficient (Wildman–Crippen LogP) is 2.39. The van der Waals surface area contributed by atoms with Gasteiger partial charge >= 0.3 is 6.36 Å². The van der Waals surface area contributed by atoms with Crippen LogP contribution in [0.1, 0.15) is 0 Å². The van der Waals surface area contributed by atoms with Gasteiger partial charge in [0, 0.05) is 0 Å². The Morgan fingerprint density at radius 1 is 1.13 bits per heavy atom. The molecule has 0 aliphatic carbocycles. The summed E-state index contributed by atoms with van der Waals surface area (Å²) in [5.41, 5.74) is 0. The van der Waals surface area contributed by atoms with Gasteiger partial charge in [-0.3, -0.25) is 0 Å². The maximum atomic E-state index is 11.9. The van der Waals surface area contributed by atoms with E-state index in [0.717, 1.165) is 6.07 Å². The zero-order valence-corrected chi connectivity index (χ0v) is 7.58. The topological polar surface area (TPSA) is 38.4 Å². The summed E-state index contributed by atoms with van der Waals surface area (Å²) in [4.78, 5) is 0. The molecule has 0 N–H and O–H groups in total. The van der Waals surface area contributed by atoms with Crippen molar-refractivity contribution in [3.8, 4) is 11.5 Å². The molecule has 0 aromatic heterocycles. The molecule has 0 saturated heterocycles. The van der Waals surface area contributed by atoms with Crippen LogP contribution in [0.4, 0.5) is 13.2 Å². The number of alkyl halides is 3. The third-order valence-corrected chi connectivity index (χ3v) is 1.42. The lowest BCUT2D eigenvalue weighted by Gasteiger charge is -2.12. The lowest BCUT2D eigenvalue weighted by atomic mass is 10.3. The Morgan fingerprint density at radius 3 is 2.27 bits per heavy atom. The van der Waals surface area contributed by atoms with Crippen molar-refractivity contribution in [2.75, 3.05) is 13.2 Å².